The minimum atomic E-state index is -0.253. The molecule has 160 valence electrons. The molecule has 4 rings (SSSR count). The van der Waals surface area contributed by atoms with Gasteiger partial charge in [0.05, 0.1) is 13.0 Å². The van der Waals surface area contributed by atoms with Crippen molar-refractivity contribution < 1.29 is 14.3 Å². The van der Waals surface area contributed by atoms with Crippen molar-refractivity contribution in [2.75, 3.05) is 25.5 Å². The highest BCUT2D eigenvalue weighted by Crippen LogP contribution is 2.30. The topological polar surface area (TPSA) is 58.6 Å². The quantitative estimate of drug-likeness (QED) is 0.603. The second kappa shape index (κ2) is 8.98. The Morgan fingerprint density at radius 2 is 1.87 bits per heavy atom. The van der Waals surface area contributed by atoms with Gasteiger partial charge < -0.3 is 15.0 Å². The maximum Gasteiger partial charge on any atom is 0.254 e. The van der Waals surface area contributed by atoms with E-state index in [-0.39, 0.29) is 17.7 Å². The van der Waals surface area contributed by atoms with Gasteiger partial charge in [-0.3, -0.25) is 9.59 Å². The molecular formula is C25H25ClN2O3. The zero-order valence-corrected chi connectivity index (χ0v) is 18.4. The lowest BCUT2D eigenvalue weighted by atomic mass is 9.95. The third-order valence-corrected chi connectivity index (χ3v) is 6.10. The summed E-state index contributed by atoms with van der Waals surface area (Å²) in [5.41, 5.74) is 2.29. The number of benzene rings is 3. The fourth-order valence-electron chi connectivity index (χ4n) is 4.18. The van der Waals surface area contributed by atoms with Crippen molar-refractivity contribution in [3.05, 3.63) is 70.7 Å². The van der Waals surface area contributed by atoms with Crippen molar-refractivity contribution in [2.45, 2.75) is 19.8 Å². The van der Waals surface area contributed by atoms with Crippen LogP contribution in [0, 0.1) is 12.8 Å². The molecule has 0 saturated carbocycles. The number of carbonyl (C=O) groups excluding carboxylic acids is 2. The van der Waals surface area contributed by atoms with E-state index in [2.05, 4.69) is 5.32 Å². The summed E-state index contributed by atoms with van der Waals surface area (Å²) in [6, 6.07) is 16.8. The molecule has 5 nitrogen and oxygen atoms in total. The van der Waals surface area contributed by atoms with Gasteiger partial charge in [0.1, 0.15) is 5.75 Å². The maximum absolute atomic E-state index is 13.4. The van der Waals surface area contributed by atoms with E-state index in [9.17, 15) is 9.59 Å². The third kappa shape index (κ3) is 4.37. The van der Waals surface area contributed by atoms with Crippen LogP contribution in [0.3, 0.4) is 0 Å². The molecule has 3 aromatic carbocycles. The lowest BCUT2D eigenvalue weighted by Gasteiger charge is -2.32. The summed E-state index contributed by atoms with van der Waals surface area (Å²) in [6.07, 6.45) is 1.54. The molecule has 0 aliphatic carbocycles. The number of hydrogen-bond donors (Lipinski definition) is 1. The molecule has 6 heteroatoms. The first-order chi connectivity index (χ1) is 15.0. The number of aryl methyl sites for hydroxylation is 1. The van der Waals surface area contributed by atoms with Gasteiger partial charge in [0.2, 0.25) is 5.91 Å². The fraction of sp³-hybridized carbons (Fsp3) is 0.280. The molecule has 1 aliphatic heterocycles. The Bertz CT molecular complexity index is 1140. The molecule has 2 amide bonds. The zero-order valence-electron chi connectivity index (χ0n) is 17.7. The van der Waals surface area contributed by atoms with E-state index >= 15 is 0 Å². The summed E-state index contributed by atoms with van der Waals surface area (Å²) in [5.74, 6) is 0.361. The fourth-order valence-corrected chi connectivity index (χ4v) is 4.41. The van der Waals surface area contributed by atoms with Crippen LogP contribution in [-0.4, -0.2) is 36.9 Å². The zero-order chi connectivity index (χ0) is 22.0. The van der Waals surface area contributed by atoms with Crippen LogP contribution in [0.4, 0.5) is 5.69 Å². The third-order valence-electron chi connectivity index (χ3n) is 5.86. The molecule has 0 bridgehead atoms. The average Bonchev–Trinajstić information content (AvgIpc) is 2.79. The lowest BCUT2D eigenvalue weighted by Crippen LogP contribution is -2.43. The monoisotopic (exact) mass is 436 g/mol. The molecule has 0 unspecified atom stereocenters. The highest BCUT2D eigenvalue weighted by atomic mass is 35.5. The number of hydrogen-bond acceptors (Lipinski definition) is 3. The Labute approximate surface area is 186 Å². The van der Waals surface area contributed by atoms with Crippen LogP contribution in [0.1, 0.15) is 28.8 Å². The Morgan fingerprint density at radius 1 is 1.10 bits per heavy atom. The molecule has 31 heavy (non-hydrogen) atoms. The number of carbonyl (C=O) groups is 2. The van der Waals surface area contributed by atoms with Crippen LogP contribution < -0.4 is 10.1 Å². The minimum Gasteiger partial charge on any atom is -0.496 e. The molecule has 0 aromatic heterocycles. The van der Waals surface area contributed by atoms with Gasteiger partial charge in [-0.05, 0) is 61.0 Å². The number of amides is 2. The first kappa shape index (κ1) is 21.2. The number of ether oxygens (including phenoxy) is 1. The van der Waals surface area contributed by atoms with Crippen LogP contribution >= 0.6 is 11.6 Å². The van der Waals surface area contributed by atoms with Gasteiger partial charge in [0.15, 0.2) is 0 Å². The number of nitrogens with zero attached hydrogens (tertiary/aromatic N) is 1. The number of nitrogens with one attached hydrogen (secondary N) is 1. The van der Waals surface area contributed by atoms with Gasteiger partial charge in [-0.25, -0.2) is 0 Å². The molecule has 3 aromatic rings. The lowest BCUT2D eigenvalue weighted by molar-refractivity contribution is -0.121. The van der Waals surface area contributed by atoms with Crippen molar-refractivity contribution in [1.82, 2.24) is 4.90 Å². The number of likely N-dealkylation sites (tertiary alicyclic amines) is 1. The van der Waals surface area contributed by atoms with Gasteiger partial charge in [0, 0.05) is 34.7 Å². The maximum atomic E-state index is 13.4. The summed E-state index contributed by atoms with van der Waals surface area (Å²) >= 11 is 6.01. The van der Waals surface area contributed by atoms with Gasteiger partial charge in [-0.15, -0.1) is 0 Å². The van der Waals surface area contributed by atoms with Crippen molar-refractivity contribution in [1.29, 1.82) is 0 Å². The molecule has 1 heterocycles. The molecular weight excluding hydrogens is 412 g/mol. The van der Waals surface area contributed by atoms with E-state index in [1.165, 1.54) is 0 Å². The van der Waals surface area contributed by atoms with Crippen molar-refractivity contribution in [3.63, 3.8) is 0 Å². The first-order valence-corrected chi connectivity index (χ1v) is 10.8. The van der Waals surface area contributed by atoms with Crippen molar-refractivity contribution >= 4 is 39.9 Å². The Balaban J connectivity index is 1.53. The van der Waals surface area contributed by atoms with Crippen LogP contribution in [-0.2, 0) is 4.79 Å². The van der Waals surface area contributed by atoms with Gasteiger partial charge in [-0.1, -0.05) is 35.9 Å². The van der Waals surface area contributed by atoms with E-state index < -0.39 is 0 Å². The minimum absolute atomic E-state index is 0.0565. The average molecular weight is 437 g/mol. The highest BCUT2D eigenvalue weighted by molar-refractivity contribution is 6.30. The number of rotatable bonds is 4. The number of methoxy groups -OCH3 is 1. The summed E-state index contributed by atoms with van der Waals surface area (Å²) in [7, 11) is 1.62. The number of fused-ring (bicyclic) bond motifs is 1. The smallest absolute Gasteiger partial charge is 0.254 e. The Hall–Kier alpha value is -3.05. The van der Waals surface area contributed by atoms with Gasteiger partial charge in [-0.2, -0.15) is 0 Å². The van der Waals surface area contributed by atoms with Crippen LogP contribution in [0.15, 0.2) is 54.6 Å². The second-order valence-electron chi connectivity index (χ2n) is 7.90. The Morgan fingerprint density at radius 3 is 2.61 bits per heavy atom. The number of piperidine rings is 1. The second-order valence-corrected chi connectivity index (χ2v) is 8.34. The molecule has 0 radical (unpaired) electrons. The molecule has 1 saturated heterocycles. The SMILES string of the molecule is COc1ccc(C(=O)N2CCC[C@H](C(=O)Nc3ccc(Cl)cc3C)C2)c2ccccc12. The van der Waals surface area contributed by atoms with Gasteiger partial charge >= 0.3 is 0 Å². The molecule has 1 N–H and O–H groups in total. The number of halogens is 1. The molecule has 1 fully saturated rings. The largest absolute Gasteiger partial charge is 0.496 e. The van der Waals surface area contributed by atoms with Crippen molar-refractivity contribution in [2.24, 2.45) is 5.92 Å². The first-order valence-electron chi connectivity index (χ1n) is 10.4. The highest BCUT2D eigenvalue weighted by Gasteiger charge is 2.30. The summed E-state index contributed by atoms with van der Waals surface area (Å²) < 4.78 is 5.44. The molecule has 0 spiro atoms. The van der Waals surface area contributed by atoms with E-state index in [1.54, 1.807) is 18.1 Å². The predicted molar refractivity (Wildman–Crippen MR) is 124 cm³/mol. The van der Waals surface area contributed by atoms with E-state index in [4.69, 9.17) is 16.3 Å². The molecule has 1 aliphatic rings. The summed E-state index contributed by atoms with van der Waals surface area (Å²) in [5, 5.41) is 5.39. The number of anilines is 1. The standard InChI is InChI=1S/C25H25ClN2O3/c1-16-14-18(26)9-11-22(16)27-24(29)17-6-5-13-28(15-17)25(30)21-10-12-23(31-2)20-8-4-3-7-19(20)21/h3-4,7-12,14,17H,5-6,13,15H2,1-2H3,(H,27,29)/t17-/m0/s1. The van der Waals surface area contributed by atoms with Gasteiger partial charge in [0.25, 0.3) is 5.91 Å². The Kier molecular flexibility index (Phi) is 6.14. The van der Waals surface area contributed by atoms with E-state index in [0.29, 0.717) is 23.7 Å². The predicted octanol–water partition coefficient (Wildman–Crippen LogP) is 5.30. The van der Waals surface area contributed by atoms with Crippen LogP contribution in [0.5, 0.6) is 5.75 Å². The van der Waals surface area contributed by atoms with E-state index in [1.807, 2.05) is 55.5 Å². The summed E-state index contributed by atoms with van der Waals surface area (Å²) in [4.78, 5) is 28.1. The normalized spacial score (nSPS) is 16.2. The van der Waals surface area contributed by atoms with Crippen molar-refractivity contribution in [3.8, 4) is 5.75 Å². The molecule has 1 atom stereocenters. The van der Waals surface area contributed by atoms with E-state index in [0.717, 1.165) is 40.6 Å². The summed E-state index contributed by atoms with van der Waals surface area (Å²) in [6.45, 7) is 2.95. The van der Waals surface area contributed by atoms with Crippen LogP contribution in [0.25, 0.3) is 10.8 Å². The van der Waals surface area contributed by atoms with Crippen LogP contribution in [0.2, 0.25) is 5.02 Å².